The van der Waals surface area contributed by atoms with Crippen molar-refractivity contribution in [1.29, 1.82) is 0 Å². The van der Waals surface area contributed by atoms with E-state index < -0.39 is 9.84 Å². The zero-order valence-electron chi connectivity index (χ0n) is 11.1. The first-order valence-electron chi connectivity index (χ1n) is 6.13. The summed E-state index contributed by atoms with van der Waals surface area (Å²) in [6.07, 6.45) is 3.96. The molecule has 0 saturated carbocycles. The fourth-order valence-corrected chi connectivity index (χ4v) is 3.34. The minimum Gasteiger partial charge on any atom is -0.224 e. The van der Waals surface area contributed by atoms with Crippen molar-refractivity contribution in [2.24, 2.45) is 0 Å². The number of benzene rings is 1. The first-order valence-corrected chi connectivity index (χ1v) is 8.84. The third-order valence-electron chi connectivity index (χ3n) is 2.97. The molecule has 5 nitrogen and oxygen atoms in total. The fraction of sp³-hybridized carbons (Fsp3) is 0.231. The Hall–Kier alpha value is -1.73. The van der Waals surface area contributed by atoms with E-state index in [-0.39, 0.29) is 0 Å². The number of fused-ring (bicyclic) bond motifs is 1. The number of rotatable bonds is 3. The number of aryl methyl sites for hydroxylation is 1. The normalized spacial score (nSPS) is 12.1. The van der Waals surface area contributed by atoms with Gasteiger partial charge in [0.2, 0.25) is 4.96 Å². The Labute approximate surface area is 120 Å². The molecule has 7 heteroatoms. The van der Waals surface area contributed by atoms with Crippen molar-refractivity contribution in [1.82, 2.24) is 14.6 Å². The Balaban J connectivity index is 2.00. The van der Waals surface area contributed by atoms with Gasteiger partial charge in [0.15, 0.2) is 9.84 Å². The minimum atomic E-state index is -3.16. The molecule has 0 saturated heterocycles. The number of aromatic nitrogens is 3. The number of hydrogen-bond donors (Lipinski definition) is 0. The van der Waals surface area contributed by atoms with Crippen molar-refractivity contribution < 1.29 is 8.42 Å². The second kappa shape index (κ2) is 4.68. The van der Waals surface area contributed by atoms with Crippen LogP contribution in [0.4, 0.5) is 0 Å². The number of imidazole rings is 1. The van der Waals surface area contributed by atoms with E-state index in [9.17, 15) is 8.42 Å². The summed E-state index contributed by atoms with van der Waals surface area (Å²) in [5, 5.41) is 5.46. The van der Waals surface area contributed by atoms with Gasteiger partial charge in [0.1, 0.15) is 5.01 Å². The number of hydrogen-bond acceptors (Lipinski definition) is 5. The summed E-state index contributed by atoms with van der Waals surface area (Å²) in [4.78, 5) is 5.68. The summed E-state index contributed by atoms with van der Waals surface area (Å²) in [6, 6.07) is 6.74. The van der Waals surface area contributed by atoms with Crippen LogP contribution in [0.3, 0.4) is 0 Å². The van der Waals surface area contributed by atoms with Gasteiger partial charge in [-0.2, -0.15) is 5.10 Å². The Morgan fingerprint density at radius 1 is 1.25 bits per heavy atom. The molecule has 3 aromatic rings. The van der Waals surface area contributed by atoms with Gasteiger partial charge in [-0.3, -0.25) is 0 Å². The Kier molecular flexibility index (Phi) is 3.10. The van der Waals surface area contributed by atoms with Gasteiger partial charge in [-0.05, 0) is 18.6 Å². The molecule has 0 radical (unpaired) electrons. The molecule has 104 valence electrons. The van der Waals surface area contributed by atoms with Gasteiger partial charge in [-0.1, -0.05) is 30.4 Å². The molecule has 2 aromatic heterocycles. The van der Waals surface area contributed by atoms with E-state index in [1.54, 1.807) is 40.1 Å². The van der Waals surface area contributed by atoms with Crippen molar-refractivity contribution in [3.05, 3.63) is 35.5 Å². The van der Waals surface area contributed by atoms with Crippen LogP contribution in [0, 0.1) is 0 Å². The largest absolute Gasteiger partial charge is 0.224 e. The van der Waals surface area contributed by atoms with Gasteiger partial charge in [-0.15, -0.1) is 0 Å². The summed E-state index contributed by atoms with van der Waals surface area (Å²) >= 11 is 1.57. The standard InChI is InChI=1S/C13H13N3O2S2/c1-3-12-15-16-8-11(14-13(16)19-12)9-4-6-10(7-5-9)20(2,17)18/h4-8H,3H2,1-2H3. The van der Waals surface area contributed by atoms with Gasteiger partial charge in [-0.25, -0.2) is 17.9 Å². The van der Waals surface area contributed by atoms with Gasteiger partial charge >= 0.3 is 0 Å². The SMILES string of the molecule is CCc1nn2cc(-c3ccc(S(C)(=O)=O)cc3)nc2s1. The van der Waals surface area contributed by atoms with Gasteiger partial charge < -0.3 is 0 Å². The quantitative estimate of drug-likeness (QED) is 0.745. The van der Waals surface area contributed by atoms with Crippen LogP contribution in [0.2, 0.25) is 0 Å². The molecule has 3 rings (SSSR count). The van der Waals surface area contributed by atoms with Crippen LogP contribution in [0.15, 0.2) is 35.4 Å². The average molecular weight is 307 g/mol. The molecule has 20 heavy (non-hydrogen) atoms. The molecule has 2 heterocycles. The maximum atomic E-state index is 11.4. The molecule has 0 fully saturated rings. The lowest BCUT2D eigenvalue weighted by Crippen LogP contribution is -1.96. The van der Waals surface area contributed by atoms with Crippen molar-refractivity contribution >= 4 is 26.1 Å². The monoisotopic (exact) mass is 307 g/mol. The maximum Gasteiger partial charge on any atom is 0.212 e. The predicted octanol–water partition coefficient (Wildman–Crippen LogP) is 2.42. The van der Waals surface area contributed by atoms with Gasteiger partial charge in [0.05, 0.1) is 16.8 Å². The van der Waals surface area contributed by atoms with Crippen LogP contribution in [-0.4, -0.2) is 29.3 Å². The summed E-state index contributed by atoms with van der Waals surface area (Å²) < 4.78 is 24.6. The molecule has 0 aliphatic carbocycles. The highest BCUT2D eigenvalue weighted by atomic mass is 32.2. The zero-order chi connectivity index (χ0) is 14.3. The number of nitrogens with zero attached hydrogens (tertiary/aromatic N) is 3. The first-order chi connectivity index (χ1) is 9.47. The van der Waals surface area contributed by atoms with Crippen LogP contribution >= 0.6 is 11.3 Å². The molecule has 0 N–H and O–H groups in total. The fourth-order valence-electron chi connectivity index (χ4n) is 1.90. The minimum absolute atomic E-state index is 0.314. The molecule has 1 aromatic carbocycles. The summed E-state index contributed by atoms with van der Waals surface area (Å²) in [5.41, 5.74) is 1.68. The third kappa shape index (κ3) is 2.34. The number of sulfone groups is 1. The van der Waals surface area contributed by atoms with Crippen molar-refractivity contribution in [2.75, 3.05) is 6.26 Å². The maximum absolute atomic E-state index is 11.4. The summed E-state index contributed by atoms with van der Waals surface area (Å²) in [7, 11) is -3.16. The Morgan fingerprint density at radius 3 is 2.50 bits per heavy atom. The predicted molar refractivity (Wildman–Crippen MR) is 78.8 cm³/mol. The highest BCUT2D eigenvalue weighted by Gasteiger charge is 2.10. The van der Waals surface area contributed by atoms with Gasteiger partial charge in [0, 0.05) is 11.8 Å². The molecule has 0 bridgehead atoms. The highest BCUT2D eigenvalue weighted by molar-refractivity contribution is 7.90. The lowest BCUT2D eigenvalue weighted by atomic mass is 10.2. The van der Waals surface area contributed by atoms with Crippen LogP contribution in [-0.2, 0) is 16.3 Å². The average Bonchev–Trinajstić information content (AvgIpc) is 2.95. The molecular weight excluding hydrogens is 294 g/mol. The Morgan fingerprint density at radius 2 is 1.95 bits per heavy atom. The lowest BCUT2D eigenvalue weighted by molar-refractivity contribution is 0.602. The topological polar surface area (TPSA) is 64.3 Å². The molecule has 0 spiro atoms. The zero-order valence-corrected chi connectivity index (χ0v) is 12.7. The summed E-state index contributed by atoms with van der Waals surface area (Å²) in [6.45, 7) is 2.06. The van der Waals surface area contributed by atoms with E-state index in [1.165, 1.54) is 6.26 Å². The van der Waals surface area contributed by atoms with E-state index in [4.69, 9.17) is 0 Å². The van der Waals surface area contributed by atoms with Crippen LogP contribution < -0.4 is 0 Å². The van der Waals surface area contributed by atoms with Crippen molar-refractivity contribution in [3.8, 4) is 11.3 Å². The molecular formula is C13H13N3O2S2. The van der Waals surface area contributed by atoms with E-state index in [0.29, 0.717) is 4.90 Å². The molecule has 0 aliphatic rings. The van der Waals surface area contributed by atoms with Crippen LogP contribution in [0.1, 0.15) is 11.9 Å². The van der Waals surface area contributed by atoms with Gasteiger partial charge in [0.25, 0.3) is 0 Å². The van der Waals surface area contributed by atoms with E-state index in [1.807, 2.05) is 6.20 Å². The second-order valence-electron chi connectivity index (χ2n) is 4.50. The first kappa shape index (κ1) is 13.3. The second-order valence-corrected chi connectivity index (χ2v) is 7.56. The summed E-state index contributed by atoms with van der Waals surface area (Å²) in [5.74, 6) is 0. The highest BCUT2D eigenvalue weighted by Crippen LogP contribution is 2.23. The van der Waals surface area contributed by atoms with E-state index in [0.717, 1.165) is 27.6 Å². The molecule has 0 aliphatic heterocycles. The van der Waals surface area contributed by atoms with Crippen molar-refractivity contribution in [3.63, 3.8) is 0 Å². The Bertz CT molecular complexity index is 829. The van der Waals surface area contributed by atoms with Crippen molar-refractivity contribution in [2.45, 2.75) is 18.2 Å². The van der Waals surface area contributed by atoms with E-state index >= 15 is 0 Å². The lowest BCUT2D eigenvalue weighted by Gasteiger charge is -1.99. The van der Waals surface area contributed by atoms with Crippen LogP contribution in [0.25, 0.3) is 16.2 Å². The molecule has 0 atom stereocenters. The third-order valence-corrected chi connectivity index (χ3v) is 5.16. The molecule has 0 amide bonds. The molecule has 0 unspecified atom stereocenters. The van der Waals surface area contributed by atoms with E-state index in [2.05, 4.69) is 17.0 Å². The van der Waals surface area contributed by atoms with Crippen LogP contribution in [0.5, 0.6) is 0 Å². The smallest absolute Gasteiger partial charge is 0.212 e.